The van der Waals surface area contributed by atoms with Gasteiger partial charge in [0.25, 0.3) is 0 Å². The van der Waals surface area contributed by atoms with Crippen LogP contribution in [0, 0.1) is 0 Å². The fourth-order valence-corrected chi connectivity index (χ4v) is 1.51. The molecule has 0 saturated heterocycles. The average Bonchev–Trinajstić information content (AvgIpc) is 2.65. The van der Waals surface area contributed by atoms with Crippen LogP contribution in [0.25, 0.3) is 11.3 Å². The Kier molecular flexibility index (Phi) is 2.37. The second-order valence-electron chi connectivity index (χ2n) is 3.52. The van der Waals surface area contributed by atoms with Crippen LogP contribution in [-0.2, 0) is 7.05 Å². The lowest BCUT2D eigenvalue weighted by Gasteiger charge is -2.02. The third-order valence-electron chi connectivity index (χ3n) is 2.40. The molecule has 0 aliphatic heterocycles. The summed E-state index contributed by atoms with van der Waals surface area (Å²) in [7, 11) is 1.95. The molecule has 2 aromatic rings. The molecule has 3 heteroatoms. The van der Waals surface area contributed by atoms with Crippen LogP contribution in [0.1, 0.15) is 17.3 Å². The molecule has 0 N–H and O–H groups in total. The van der Waals surface area contributed by atoms with E-state index in [0.29, 0.717) is 0 Å². The molecule has 0 fully saturated rings. The van der Waals surface area contributed by atoms with Crippen LogP contribution in [0.5, 0.6) is 0 Å². The summed E-state index contributed by atoms with van der Waals surface area (Å²) < 4.78 is 1.95. The standard InChI is InChI=1S/C12H12N2O/c1-9(15)10-3-5-11(6-4-10)12-7-13-8-14(12)2/h3-8H,1-2H3. The first kappa shape index (κ1) is 9.65. The minimum absolute atomic E-state index is 0.0894. The molecule has 0 bridgehead atoms. The van der Waals surface area contributed by atoms with Gasteiger partial charge in [0.1, 0.15) is 0 Å². The number of rotatable bonds is 2. The number of hydrogen-bond donors (Lipinski definition) is 0. The van der Waals surface area contributed by atoms with Crippen molar-refractivity contribution in [2.24, 2.45) is 7.05 Å². The van der Waals surface area contributed by atoms with Gasteiger partial charge in [0.15, 0.2) is 5.78 Å². The number of nitrogens with zero attached hydrogens (tertiary/aromatic N) is 2. The van der Waals surface area contributed by atoms with Crippen LogP contribution in [0.15, 0.2) is 36.8 Å². The number of ketones is 1. The summed E-state index contributed by atoms with van der Waals surface area (Å²) in [6.07, 6.45) is 3.57. The maximum absolute atomic E-state index is 11.1. The van der Waals surface area contributed by atoms with Crippen LogP contribution in [0.2, 0.25) is 0 Å². The van der Waals surface area contributed by atoms with E-state index in [1.807, 2.05) is 42.1 Å². The zero-order valence-corrected chi connectivity index (χ0v) is 8.77. The molecule has 0 aliphatic carbocycles. The van der Waals surface area contributed by atoms with E-state index in [-0.39, 0.29) is 5.78 Å². The van der Waals surface area contributed by atoms with Crippen LogP contribution in [0.3, 0.4) is 0 Å². The fourth-order valence-electron chi connectivity index (χ4n) is 1.51. The lowest BCUT2D eigenvalue weighted by Crippen LogP contribution is -1.93. The molecule has 76 valence electrons. The first-order valence-electron chi connectivity index (χ1n) is 4.76. The highest BCUT2D eigenvalue weighted by molar-refractivity contribution is 5.94. The van der Waals surface area contributed by atoms with Crippen LogP contribution in [-0.4, -0.2) is 15.3 Å². The summed E-state index contributed by atoms with van der Waals surface area (Å²) in [5.74, 6) is 0.0894. The van der Waals surface area contributed by atoms with E-state index in [2.05, 4.69) is 4.98 Å². The Morgan fingerprint density at radius 1 is 1.27 bits per heavy atom. The number of carbonyl (C=O) groups is 1. The number of carbonyl (C=O) groups excluding carboxylic acids is 1. The van der Waals surface area contributed by atoms with E-state index in [1.54, 1.807) is 13.3 Å². The highest BCUT2D eigenvalue weighted by atomic mass is 16.1. The molecule has 1 aromatic carbocycles. The Bertz CT molecular complexity index is 483. The van der Waals surface area contributed by atoms with Gasteiger partial charge in [-0.05, 0) is 12.5 Å². The molecule has 3 nitrogen and oxygen atoms in total. The van der Waals surface area contributed by atoms with E-state index < -0.39 is 0 Å². The SMILES string of the molecule is CC(=O)c1ccc(-c2cncn2C)cc1. The monoisotopic (exact) mass is 200 g/mol. The molecule has 0 saturated carbocycles. The molecule has 0 radical (unpaired) electrons. The van der Waals surface area contributed by atoms with Gasteiger partial charge in [0, 0.05) is 12.6 Å². The molecule has 2 rings (SSSR count). The third-order valence-corrected chi connectivity index (χ3v) is 2.40. The fraction of sp³-hybridized carbons (Fsp3) is 0.167. The maximum Gasteiger partial charge on any atom is 0.159 e. The summed E-state index contributed by atoms with van der Waals surface area (Å²) >= 11 is 0. The number of aromatic nitrogens is 2. The minimum atomic E-state index is 0.0894. The van der Waals surface area contributed by atoms with Crippen molar-refractivity contribution in [2.75, 3.05) is 0 Å². The van der Waals surface area contributed by atoms with Gasteiger partial charge in [-0.25, -0.2) is 4.98 Å². The molecule has 1 heterocycles. The largest absolute Gasteiger partial charge is 0.334 e. The molecule has 0 aliphatic rings. The molecule has 15 heavy (non-hydrogen) atoms. The Morgan fingerprint density at radius 2 is 1.93 bits per heavy atom. The third kappa shape index (κ3) is 1.81. The van der Waals surface area contributed by atoms with Gasteiger partial charge in [-0.1, -0.05) is 24.3 Å². The molecule has 0 amide bonds. The number of benzene rings is 1. The molecule has 0 unspecified atom stereocenters. The van der Waals surface area contributed by atoms with Gasteiger partial charge >= 0.3 is 0 Å². The maximum atomic E-state index is 11.1. The van der Waals surface area contributed by atoms with Crippen molar-refractivity contribution >= 4 is 5.78 Å². The van der Waals surface area contributed by atoms with Crippen molar-refractivity contribution in [1.82, 2.24) is 9.55 Å². The number of aryl methyl sites for hydroxylation is 1. The lowest BCUT2D eigenvalue weighted by atomic mass is 10.1. The van der Waals surface area contributed by atoms with Crippen LogP contribution < -0.4 is 0 Å². The second kappa shape index (κ2) is 3.69. The summed E-state index contributed by atoms with van der Waals surface area (Å²) in [6.45, 7) is 1.57. The molecule has 0 atom stereocenters. The van der Waals surface area contributed by atoms with Crippen molar-refractivity contribution in [1.29, 1.82) is 0 Å². The van der Waals surface area contributed by atoms with Gasteiger partial charge in [-0.15, -0.1) is 0 Å². The highest BCUT2D eigenvalue weighted by Gasteiger charge is 2.03. The topological polar surface area (TPSA) is 34.9 Å². The number of imidazole rings is 1. The number of hydrogen-bond acceptors (Lipinski definition) is 2. The van der Waals surface area contributed by atoms with Crippen molar-refractivity contribution in [2.45, 2.75) is 6.92 Å². The Labute approximate surface area is 88.4 Å². The van der Waals surface area contributed by atoms with Crippen molar-refractivity contribution in [3.8, 4) is 11.3 Å². The number of Topliss-reactive ketones (excluding diaryl/α,β-unsaturated/α-hetero) is 1. The Morgan fingerprint density at radius 3 is 2.40 bits per heavy atom. The van der Waals surface area contributed by atoms with Gasteiger partial charge < -0.3 is 4.57 Å². The van der Waals surface area contributed by atoms with Gasteiger partial charge in [-0.2, -0.15) is 0 Å². The van der Waals surface area contributed by atoms with Crippen molar-refractivity contribution < 1.29 is 4.79 Å². The van der Waals surface area contributed by atoms with Gasteiger partial charge in [-0.3, -0.25) is 4.79 Å². The van der Waals surface area contributed by atoms with Gasteiger partial charge in [0.05, 0.1) is 18.2 Å². The average molecular weight is 200 g/mol. The normalized spacial score (nSPS) is 10.3. The summed E-state index contributed by atoms with van der Waals surface area (Å²) in [5.41, 5.74) is 2.85. The Hall–Kier alpha value is -1.90. The second-order valence-corrected chi connectivity index (χ2v) is 3.52. The first-order valence-corrected chi connectivity index (χ1v) is 4.76. The zero-order chi connectivity index (χ0) is 10.8. The zero-order valence-electron chi connectivity index (χ0n) is 8.77. The van der Waals surface area contributed by atoms with E-state index in [0.717, 1.165) is 16.8 Å². The van der Waals surface area contributed by atoms with Gasteiger partial charge in [0.2, 0.25) is 0 Å². The summed E-state index contributed by atoms with van der Waals surface area (Å²) in [5, 5.41) is 0. The molecular formula is C12H12N2O. The van der Waals surface area contributed by atoms with Crippen LogP contribution >= 0.6 is 0 Å². The minimum Gasteiger partial charge on any atom is -0.334 e. The van der Waals surface area contributed by atoms with E-state index >= 15 is 0 Å². The molecule has 1 aromatic heterocycles. The molecular weight excluding hydrogens is 188 g/mol. The summed E-state index contributed by atoms with van der Waals surface area (Å²) in [6, 6.07) is 7.55. The predicted molar refractivity (Wildman–Crippen MR) is 58.6 cm³/mol. The van der Waals surface area contributed by atoms with Crippen molar-refractivity contribution in [3.05, 3.63) is 42.4 Å². The lowest BCUT2D eigenvalue weighted by molar-refractivity contribution is 0.101. The summed E-state index contributed by atoms with van der Waals surface area (Å²) in [4.78, 5) is 15.1. The van der Waals surface area contributed by atoms with Crippen LogP contribution in [0.4, 0.5) is 0 Å². The van der Waals surface area contributed by atoms with E-state index in [4.69, 9.17) is 0 Å². The predicted octanol–water partition coefficient (Wildman–Crippen LogP) is 2.29. The van der Waals surface area contributed by atoms with Crippen molar-refractivity contribution in [3.63, 3.8) is 0 Å². The highest BCUT2D eigenvalue weighted by Crippen LogP contribution is 2.18. The quantitative estimate of drug-likeness (QED) is 0.697. The first-order chi connectivity index (χ1) is 7.18. The molecule has 0 spiro atoms. The van der Waals surface area contributed by atoms with E-state index in [9.17, 15) is 4.79 Å². The van der Waals surface area contributed by atoms with E-state index in [1.165, 1.54) is 0 Å². The Balaban J connectivity index is 2.40. The smallest absolute Gasteiger partial charge is 0.159 e.